The zero-order chi connectivity index (χ0) is 26.3. The van der Waals surface area contributed by atoms with Gasteiger partial charge in [0.25, 0.3) is 5.56 Å². The fraction of sp³-hybridized carbons (Fsp3) is 0.0968. The molecule has 0 radical (unpaired) electrons. The molecule has 0 unspecified atom stereocenters. The Hall–Kier alpha value is -4.16. The number of ketones is 1. The van der Waals surface area contributed by atoms with E-state index in [0.29, 0.717) is 22.2 Å². The third-order valence-corrected chi connectivity index (χ3v) is 6.96. The molecule has 184 valence electrons. The number of pyridine rings is 1. The van der Waals surface area contributed by atoms with E-state index in [-0.39, 0.29) is 22.7 Å². The molecule has 37 heavy (non-hydrogen) atoms. The molecule has 0 amide bonds. The maximum absolute atomic E-state index is 14.3. The molecule has 5 nitrogen and oxygen atoms in total. The molecule has 0 saturated carbocycles. The number of aromatic nitrogens is 2. The van der Waals surface area contributed by atoms with E-state index in [1.807, 2.05) is 102 Å². The summed E-state index contributed by atoms with van der Waals surface area (Å²) >= 11 is 3.50. The summed E-state index contributed by atoms with van der Waals surface area (Å²) in [6.07, 6.45) is 0. The maximum Gasteiger partial charge on any atom is 0.265 e. The van der Waals surface area contributed by atoms with Crippen molar-refractivity contribution in [3.05, 3.63) is 123 Å². The minimum Gasteiger partial charge on any atom is -0.512 e. The topological polar surface area (TPSA) is 64.2 Å². The molecule has 0 aliphatic carbocycles. The number of carbonyl (C=O) groups is 1. The number of aryl methyl sites for hydroxylation is 1. The van der Waals surface area contributed by atoms with Gasteiger partial charge in [0, 0.05) is 27.1 Å². The highest BCUT2D eigenvalue weighted by Gasteiger charge is 2.29. The second-order valence-electron chi connectivity index (χ2n) is 8.94. The summed E-state index contributed by atoms with van der Waals surface area (Å²) < 4.78 is 4.56. The fourth-order valence-corrected chi connectivity index (χ4v) is 5.22. The van der Waals surface area contributed by atoms with Crippen LogP contribution in [0.25, 0.3) is 39.1 Å². The molecule has 0 fully saturated rings. The van der Waals surface area contributed by atoms with Crippen LogP contribution in [-0.4, -0.2) is 20.0 Å². The number of para-hydroxylation sites is 2. The van der Waals surface area contributed by atoms with E-state index in [4.69, 9.17) is 0 Å². The van der Waals surface area contributed by atoms with Crippen molar-refractivity contribution in [3.8, 4) is 22.6 Å². The molecule has 0 aliphatic rings. The number of allylic oxidation sites excluding steroid dienone is 2. The first-order chi connectivity index (χ1) is 17.8. The van der Waals surface area contributed by atoms with Crippen molar-refractivity contribution in [3.63, 3.8) is 0 Å². The normalized spacial score (nSPS) is 12.0. The van der Waals surface area contributed by atoms with Crippen LogP contribution in [0.3, 0.4) is 0 Å². The molecule has 1 N–H and O–H groups in total. The van der Waals surface area contributed by atoms with Crippen molar-refractivity contribution >= 4 is 38.2 Å². The number of benzene rings is 3. The molecule has 5 aromatic rings. The summed E-state index contributed by atoms with van der Waals surface area (Å²) in [5.74, 6) is -0.457. The summed E-state index contributed by atoms with van der Waals surface area (Å²) in [5, 5.41) is 11.1. The van der Waals surface area contributed by atoms with Crippen molar-refractivity contribution < 1.29 is 9.90 Å². The van der Waals surface area contributed by atoms with Crippen LogP contribution in [0.4, 0.5) is 0 Å². The first-order valence-corrected chi connectivity index (χ1v) is 12.7. The van der Waals surface area contributed by atoms with E-state index in [1.54, 1.807) is 4.57 Å². The average molecular weight is 553 g/mol. The number of fused-ring (bicyclic) bond motifs is 1. The summed E-state index contributed by atoms with van der Waals surface area (Å²) in [6, 6.07) is 28.8. The molecule has 0 aliphatic heterocycles. The molecule has 0 saturated heterocycles. The fourth-order valence-electron chi connectivity index (χ4n) is 4.96. The van der Waals surface area contributed by atoms with Gasteiger partial charge >= 0.3 is 0 Å². The van der Waals surface area contributed by atoms with Crippen LogP contribution < -0.4 is 5.56 Å². The van der Waals surface area contributed by atoms with Crippen molar-refractivity contribution in [2.75, 3.05) is 0 Å². The number of aliphatic hydroxyl groups excluding tert-OH is 1. The molecule has 2 heterocycles. The van der Waals surface area contributed by atoms with Gasteiger partial charge in [0.2, 0.25) is 0 Å². The average Bonchev–Trinajstić information content (AvgIpc) is 3.19. The van der Waals surface area contributed by atoms with Gasteiger partial charge in [-0.3, -0.25) is 14.2 Å². The third kappa shape index (κ3) is 4.23. The standard InChI is InChI=1S/C31H25BrN2O3/c1-19-18-26-28(31(37)33(19)24-10-6-4-7-11-24)29(27(20(2)35)21(3)36)30(22-14-16-23(32)17-15-22)34(26)25-12-8-5-9-13-25/h4-18,35H,1-3H3/b27-20-. The van der Waals surface area contributed by atoms with Crippen LogP contribution in [0.5, 0.6) is 0 Å². The van der Waals surface area contributed by atoms with Gasteiger partial charge in [-0.15, -0.1) is 0 Å². The number of aliphatic hydroxyl groups is 1. The zero-order valence-electron chi connectivity index (χ0n) is 20.7. The Balaban J connectivity index is 2.07. The van der Waals surface area contributed by atoms with E-state index in [9.17, 15) is 14.7 Å². The number of nitrogens with zero attached hydrogens (tertiary/aromatic N) is 2. The molecule has 5 rings (SSSR count). The largest absolute Gasteiger partial charge is 0.512 e. The number of carbonyl (C=O) groups excluding carboxylic acids is 1. The van der Waals surface area contributed by atoms with Crippen LogP contribution in [0, 0.1) is 6.92 Å². The van der Waals surface area contributed by atoms with Crippen LogP contribution in [0.1, 0.15) is 25.1 Å². The second kappa shape index (κ2) is 9.71. The number of hydrogen-bond acceptors (Lipinski definition) is 3. The lowest BCUT2D eigenvalue weighted by atomic mass is 9.95. The number of halogens is 1. The first-order valence-electron chi connectivity index (χ1n) is 11.9. The maximum atomic E-state index is 14.3. The Kier molecular flexibility index (Phi) is 6.44. The Morgan fingerprint density at radius 3 is 1.86 bits per heavy atom. The SMILES string of the molecule is CC(=O)/C(=C(\C)O)c1c(-c2ccc(Br)cc2)n(-c2ccccc2)c2cc(C)n(-c3ccccc3)c(=O)c12. The van der Waals surface area contributed by atoms with Gasteiger partial charge in [0.05, 0.1) is 22.2 Å². The predicted molar refractivity (Wildman–Crippen MR) is 153 cm³/mol. The highest BCUT2D eigenvalue weighted by Crippen LogP contribution is 2.41. The van der Waals surface area contributed by atoms with Crippen LogP contribution >= 0.6 is 15.9 Å². The van der Waals surface area contributed by atoms with Crippen LogP contribution in [0.2, 0.25) is 0 Å². The van der Waals surface area contributed by atoms with Gasteiger partial charge in [-0.05, 0) is 68.8 Å². The molecule has 2 aromatic heterocycles. The summed E-state index contributed by atoms with van der Waals surface area (Å²) in [5.41, 5.74) is 4.73. The van der Waals surface area contributed by atoms with Gasteiger partial charge in [0.1, 0.15) is 5.76 Å². The summed E-state index contributed by atoms with van der Waals surface area (Å²) in [7, 11) is 0. The van der Waals surface area contributed by atoms with E-state index >= 15 is 0 Å². The van der Waals surface area contributed by atoms with Crippen LogP contribution in [0.15, 0.2) is 106 Å². The molecule has 0 spiro atoms. The lowest BCUT2D eigenvalue weighted by molar-refractivity contribution is -0.111. The highest BCUT2D eigenvalue weighted by molar-refractivity contribution is 9.10. The van der Waals surface area contributed by atoms with Crippen molar-refractivity contribution in [1.29, 1.82) is 0 Å². The van der Waals surface area contributed by atoms with Gasteiger partial charge in [-0.25, -0.2) is 0 Å². The van der Waals surface area contributed by atoms with E-state index in [1.165, 1.54) is 13.8 Å². The Morgan fingerprint density at radius 2 is 1.35 bits per heavy atom. The van der Waals surface area contributed by atoms with Crippen molar-refractivity contribution in [2.45, 2.75) is 20.8 Å². The lowest BCUT2D eigenvalue weighted by Gasteiger charge is -2.14. The Labute approximate surface area is 223 Å². The third-order valence-electron chi connectivity index (χ3n) is 6.43. The first kappa shape index (κ1) is 24.5. The molecule has 0 bridgehead atoms. The summed E-state index contributed by atoms with van der Waals surface area (Å²) in [6.45, 7) is 4.79. The van der Waals surface area contributed by atoms with Crippen molar-refractivity contribution in [2.24, 2.45) is 0 Å². The van der Waals surface area contributed by atoms with E-state index in [0.717, 1.165) is 27.1 Å². The number of Topliss-reactive ketones (excluding diaryl/α,β-unsaturated/α-hetero) is 1. The quantitative estimate of drug-likeness (QED) is 0.182. The molecular formula is C31H25BrN2O3. The molecule has 0 atom stereocenters. The highest BCUT2D eigenvalue weighted by atomic mass is 79.9. The lowest BCUT2D eigenvalue weighted by Crippen LogP contribution is -2.21. The number of hydrogen-bond donors (Lipinski definition) is 1. The minimum absolute atomic E-state index is 0.123. The predicted octanol–water partition coefficient (Wildman–Crippen LogP) is 7.40. The van der Waals surface area contributed by atoms with Crippen molar-refractivity contribution in [1.82, 2.24) is 9.13 Å². The second-order valence-corrected chi connectivity index (χ2v) is 9.86. The van der Waals surface area contributed by atoms with Gasteiger partial charge in [-0.2, -0.15) is 0 Å². The smallest absolute Gasteiger partial charge is 0.265 e. The number of rotatable bonds is 5. The summed E-state index contributed by atoms with van der Waals surface area (Å²) in [4.78, 5) is 27.3. The molecule has 6 heteroatoms. The van der Waals surface area contributed by atoms with Crippen LogP contribution in [-0.2, 0) is 4.79 Å². The van der Waals surface area contributed by atoms with Gasteiger partial charge in [0.15, 0.2) is 5.78 Å². The van der Waals surface area contributed by atoms with Gasteiger partial charge in [-0.1, -0.05) is 64.5 Å². The Bertz CT molecular complexity index is 1730. The van der Waals surface area contributed by atoms with Gasteiger partial charge < -0.3 is 9.67 Å². The Morgan fingerprint density at radius 1 is 0.811 bits per heavy atom. The molecular weight excluding hydrogens is 528 g/mol. The van der Waals surface area contributed by atoms with E-state index < -0.39 is 0 Å². The zero-order valence-corrected chi connectivity index (χ0v) is 22.3. The van der Waals surface area contributed by atoms with E-state index in [2.05, 4.69) is 15.9 Å². The monoisotopic (exact) mass is 552 g/mol. The molecule has 3 aromatic carbocycles. The minimum atomic E-state index is -0.322.